The van der Waals surface area contributed by atoms with Crippen molar-refractivity contribution >= 4 is 23.5 Å². The molecule has 0 saturated heterocycles. The van der Waals surface area contributed by atoms with E-state index in [-0.39, 0.29) is 22.8 Å². The van der Waals surface area contributed by atoms with Crippen LogP contribution < -0.4 is 15.6 Å². The fraction of sp³-hybridized carbons (Fsp3) is 0.400. The first kappa shape index (κ1) is 19.4. The molecule has 1 atom stereocenters. The van der Waals surface area contributed by atoms with Crippen molar-refractivity contribution in [2.24, 2.45) is 0 Å². The molecule has 144 valence electrons. The molecule has 2 N–H and O–H groups in total. The van der Waals surface area contributed by atoms with Crippen LogP contribution in [0.4, 0.5) is 5.82 Å². The van der Waals surface area contributed by atoms with Gasteiger partial charge in [-0.3, -0.25) is 19.4 Å². The second-order valence-electron chi connectivity index (χ2n) is 6.45. The smallest absolute Gasteiger partial charge is 0.270 e. The number of hydrogen-bond acceptors (Lipinski definition) is 4. The van der Waals surface area contributed by atoms with Crippen molar-refractivity contribution in [2.75, 3.05) is 17.7 Å². The van der Waals surface area contributed by atoms with Crippen LogP contribution in [0.15, 0.2) is 41.7 Å². The van der Waals surface area contributed by atoms with Crippen molar-refractivity contribution < 1.29 is 9.53 Å². The number of ether oxygens (including phenoxy) is 1. The van der Waals surface area contributed by atoms with E-state index in [4.69, 9.17) is 4.74 Å². The molecule has 0 fully saturated rings. The summed E-state index contributed by atoms with van der Waals surface area (Å²) >= 11 is 1.46. The second kappa shape index (κ2) is 8.52. The molecule has 1 amide bonds. The highest BCUT2D eigenvalue weighted by atomic mass is 32.2. The molecule has 3 rings (SSSR count). The molecule has 2 heterocycles. The number of benzene rings is 1. The third-order valence-corrected chi connectivity index (χ3v) is 5.99. The Morgan fingerprint density at radius 3 is 2.63 bits per heavy atom. The Morgan fingerprint density at radius 2 is 2.00 bits per heavy atom. The van der Waals surface area contributed by atoms with Crippen LogP contribution in [0.25, 0.3) is 0 Å². The second-order valence-corrected chi connectivity index (χ2v) is 7.54. The van der Waals surface area contributed by atoms with Gasteiger partial charge in [-0.25, -0.2) is 0 Å². The molecule has 1 aliphatic heterocycles. The standard InChI is InChI=1S/C20H25N3O3S/c1-4-11-26-15-9-7-13(8-10-15)18-17-19(21-16(24)12-27-18)23(22-20(17)25)14(5-2)6-3/h4,7-10,14,18H,1,5-6,11-12H2,2-3H3,(H,21,24)(H,22,25). The van der Waals surface area contributed by atoms with Crippen LogP contribution in [0.1, 0.15) is 49.1 Å². The lowest BCUT2D eigenvalue weighted by Gasteiger charge is -2.18. The number of amides is 1. The van der Waals surface area contributed by atoms with Gasteiger partial charge in [0.1, 0.15) is 18.2 Å². The molecule has 0 bridgehead atoms. The first-order chi connectivity index (χ1) is 13.1. The Hall–Kier alpha value is -2.41. The number of rotatable bonds is 7. The summed E-state index contributed by atoms with van der Waals surface area (Å²) in [6.07, 6.45) is 3.44. The van der Waals surface area contributed by atoms with Gasteiger partial charge in [0.05, 0.1) is 22.6 Å². The van der Waals surface area contributed by atoms with Crippen LogP contribution >= 0.6 is 11.8 Å². The van der Waals surface area contributed by atoms with Gasteiger partial charge in [-0.05, 0) is 30.5 Å². The molecule has 0 aliphatic carbocycles. The highest BCUT2D eigenvalue weighted by Gasteiger charge is 2.31. The van der Waals surface area contributed by atoms with Crippen LogP contribution in [-0.4, -0.2) is 28.0 Å². The Kier molecular flexibility index (Phi) is 6.11. The zero-order valence-electron chi connectivity index (χ0n) is 15.7. The predicted octanol–water partition coefficient (Wildman–Crippen LogP) is 3.88. The van der Waals surface area contributed by atoms with Gasteiger partial charge in [-0.2, -0.15) is 0 Å². The minimum absolute atomic E-state index is 0.0895. The Morgan fingerprint density at radius 1 is 1.30 bits per heavy atom. The molecule has 0 spiro atoms. The molecule has 0 saturated carbocycles. The zero-order valence-corrected chi connectivity index (χ0v) is 16.5. The van der Waals surface area contributed by atoms with Gasteiger partial charge < -0.3 is 10.1 Å². The van der Waals surface area contributed by atoms with E-state index < -0.39 is 0 Å². The number of aromatic nitrogens is 2. The first-order valence-corrected chi connectivity index (χ1v) is 10.2. The number of carbonyl (C=O) groups excluding carboxylic acids is 1. The highest BCUT2D eigenvalue weighted by molar-refractivity contribution is 8.00. The Labute approximate surface area is 163 Å². The predicted molar refractivity (Wildman–Crippen MR) is 110 cm³/mol. The normalized spacial score (nSPS) is 16.6. The minimum atomic E-state index is -0.216. The summed E-state index contributed by atoms with van der Waals surface area (Å²) in [6, 6.07) is 7.80. The van der Waals surface area contributed by atoms with E-state index in [1.807, 2.05) is 28.9 Å². The average molecular weight is 388 g/mol. The van der Waals surface area contributed by atoms with Crippen molar-refractivity contribution in [3.63, 3.8) is 0 Å². The third kappa shape index (κ3) is 3.98. The maximum absolute atomic E-state index is 12.8. The van der Waals surface area contributed by atoms with Gasteiger partial charge in [0, 0.05) is 0 Å². The van der Waals surface area contributed by atoms with Crippen LogP contribution in [0.3, 0.4) is 0 Å². The van der Waals surface area contributed by atoms with E-state index in [0.717, 1.165) is 24.2 Å². The number of aromatic amines is 1. The molecule has 6 nitrogen and oxygen atoms in total. The average Bonchev–Trinajstić information content (AvgIpc) is 2.87. The van der Waals surface area contributed by atoms with Crippen molar-refractivity contribution in [1.29, 1.82) is 0 Å². The number of thioether (sulfide) groups is 1. The number of anilines is 1. The fourth-order valence-electron chi connectivity index (χ4n) is 3.33. The lowest BCUT2D eigenvalue weighted by Crippen LogP contribution is -2.19. The van der Waals surface area contributed by atoms with E-state index in [1.165, 1.54) is 11.8 Å². The van der Waals surface area contributed by atoms with Crippen LogP contribution in [0.5, 0.6) is 5.75 Å². The van der Waals surface area contributed by atoms with Crippen molar-refractivity contribution in [3.05, 3.63) is 58.4 Å². The molecular weight excluding hydrogens is 362 g/mol. The summed E-state index contributed by atoms with van der Waals surface area (Å²) in [5.41, 5.74) is 1.43. The van der Waals surface area contributed by atoms with Gasteiger partial charge in [-0.15, -0.1) is 11.8 Å². The highest BCUT2D eigenvalue weighted by Crippen LogP contribution is 2.41. The van der Waals surface area contributed by atoms with Crippen molar-refractivity contribution in [1.82, 2.24) is 9.78 Å². The molecular formula is C20H25N3O3S. The number of H-pyrrole nitrogens is 1. The van der Waals surface area contributed by atoms with E-state index >= 15 is 0 Å². The maximum atomic E-state index is 12.8. The summed E-state index contributed by atoms with van der Waals surface area (Å²) < 4.78 is 7.36. The minimum Gasteiger partial charge on any atom is -0.490 e. The number of hydrogen-bond donors (Lipinski definition) is 2. The SMILES string of the molecule is C=CCOc1ccc(C2SCC(=O)Nc3c2c(=O)[nH]n3C(CC)CC)cc1. The van der Waals surface area contributed by atoms with E-state index in [9.17, 15) is 9.59 Å². The molecule has 27 heavy (non-hydrogen) atoms. The summed E-state index contributed by atoms with van der Waals surface area (Å²) in [7, 11) is 0. The third-order valence-electron chi connectivity index (χ3n) is 4.72. The van der Waals surface area contributed by atoms with Crippen molar-refractivity contribution in [2.45, 2.75) is 38.0 Å². The van der Waals surface area contributed by atoms with Gasteiger partial charge in [0.25, 0.3) is 5.56 Å². The van der Waals surface area contributed by atoms with Gasteiger partial charge in [0.15, 0.2) is 0 Å². The molecule has 1 unspecified atom stereocenters. The summed E-state index contributed by atoms with van der Waals surface area (Å²) in [6.45, 7) is 8.23. The van der Waals surface area contributed by atoms with E-state index in [1.54, 1.807) is 6.08 Å². The lowest BCUT2D eigenvalue weighted by molar-refractivity contribution is -0.113. The van der Waals surface area contributed by atoms with Crippen LogP contribution in [0.2, 0.25) is 0 Å². The van der Waals surface area contributed by atoms with E-state index in [0.29, 0.717) is 23.7 Å². The molecule has 2 aromatic rings. The van der Waals surface area contributed by atoms with Gasteiger partial charge >= 0.3 is 0 Å². The van der Waals surface area contributed by atoms with Crippen molar-refractivity contribution in [3.8, 4) is 5.75 Å². The Bertz CT molecular complexity index is 866. The Balaban J connectivity index is 2.02. The summed E-state index contributed by atoms with van der Waals surface area (Å²) in [5.74, 6) is 1.56. The molecule has 1 aliphatic rings. The summed E-state index contributed by atoms with van der Waals surface area (Å²) in [5, 5.41) is 5.66. The summed E-state index contributed by atoms with van der Waals surface area (Å²) in [4.78, 5) is 25.1. The van der Waals surface area contributed by atoms with E-state index in [2.05, 4.69) is 30.8 Å². The number of carbonyl (C=O) groups is 1. The molecule has 1 aromatic heterocycles. The molecule has 1 aromatic carbocycles. The lowest BCUT2D eigenvalue weighted by atomic mass is 10.1. The number of nitrogens with zero attached hydrogens (tertiary/aromatic N) is 1. The van der Waals surface area contributed by atoms with Crippen LogP contribution in [0, 0.1) is 0 Å². The first-order valence-electron chi connectivity index (χ1n) is 9.18. The topological polar surface area (TPSA) is 76.1 Å². The monoisotopic (exact) mass is 387 g/mol. The fourth-order valence-corrected chi connectivity index (χ4v) is 4.45. The largest absolute Gasteiger partial charge is 0.490 e. The molecule has 7 heteroatoms. The van der Waals surface area contributed by atoms with Crippen LogP contribution in [-0.2, 0) is 4.79 Å². The molecule has 0 radical (unpaired) electrons. The quantitative estimate of drug-likeness (QED) is 0.707. The van der Waals surface area contributed by atoms with Gasteiger partial charge in [-0.1, -0.05) is 38.6 Å². The maximum Gasteiger partial charge on any atom is 0.270 e. The number of nitrogens with one attached hydrogen (secondary N) is 2. The van der Waals surface area contributed by atoms with Gasteiger partial charge in [0.2, 0.25) is 5.91 Å². The zero-order chi connectivity index (χ0) is 19.4. The number of fused-ring (bicyclic) bond motifs is 1.